The number of nitrogens with one attached hydrogen (secondary N) is 1. The van der Waals surface area contributed by atoms with Gasteiger partial charge >= 0.3 is 0 Å². The summed E-state index contributed by atoms with van der Waals surface area (Å²) in [5, 5.41) is 9.66. The molecule has 1 saturated heterocycles. The number of fused-ring (bicyclic) bond motifs is 1. The number of aromatic nitrogens is 4. The third-order valence-corrected chi connectivity index (χ3v) is 6.66. The number of nitrogens with two attached hydrogens (primary N) is 1. The standard InChI is InChI=1S/C22H22N8O3S/c1-29(17-12-24-16(11-25-17)22(31)28-32)18-10-15-19(34-18)21(30-6-8-33-9-7-30)27-20(26-15)13-2-4-14(23)5-3-13/h2-5,10-12,32H,6-9,23H2,1H3,(H,28,31). The van der Waals surface area contributed by atoms with E-state index in [2.05, 4.69) is 14.9 Å². The molecule has 5 rings (SSSR count). The minimum Gasteiger partial charge on any atom is -0.399 e. The van der Waals surface area contributed by atoms with Crippen LogP contribution in [0.1, 0.15) is 10.5 Å². The van der Waals surface area contributed by atoms with Gasteiger partial charge in [0.05, 0.1) is 40.8 Å². The molecule has 0 bridgehead atoms. The van der Waals surface area contributed by atoms with Gasteiger partial charge in [-0.05, 0) is 30.3 Å². The van der Waals surface area contributed by atoms with Gasteiger partial charge in [-0.15, -0.1) is 11.3 Å². The van der Waals surface area contributed by atoms with E-state index in [9.17, 15) is 4.79 Å². The molecule has 0 aliphatic carbocycles. The van der Waals surface area contributed by atoms with Gasteiger partial charge in [-0.25, -0.2) is 25.4 Å². The molecule has 1 aromatic carbocycles. The zero-order chi connectivity index (χ0) is 23.7. The maximum absolute atomic E-state index is 11.5. The van der Waals surface area contributed by atoms with Crippen molar-refractivity contribution in [3.63, 3.8) is 0 Å². The number of hydrogen-bond acceptors (Lipinski definition) is 11. The van der Waals surface area contributed by atoms with Crippen LogP contribution in [-0.4, -0.2) is 64.4 Å². The number of thiophene rings is 1. The normalized spacial score (nSPS) is 13.8. The molecular weight excluding hydrogens is 456 g/mol. The number of benzene rings is 1. The lowest BCUT2D eigenvalue weighted by molar-refractivity contribution is 0.0700. The highest BCUT2D eigenvalue weighted by molar-refractivity contribution is 7.23. The maximum atomic E-state index is 11.5. The van der Waals surface area contributed by atoms with Crippen molar-refractivity contribution in [1.82, 2.24) is 25.4 Å². The third-order valence-electron chi connectivity index (χ3n) is 5.47. The van der Waals surface area contributed by atoms with E-state index >= 15 is 0 Å². The van der Waals surface area contributed by atoms with Crippen molar-refractivity contribution >= 4 is 49.8 Å². The van der Waals surface area contributed by atoms with E-state index in [1.165, 1.54) is 12.4 Å². The average Bonchev–Trinajstić information content (AvgIpc) is 3.32. The highest BCUT2D eigenvalue weighted by Gasteiger charge is 2.22. The zero-order valence-corrected chi connectivity index (χ0v) is 19.1. The third kappa shape index (κ3) is 4.21. The molecule has 0 radical (unpaired) electrons. The van der Waals surface area contributed by atoms with Crippen LogP contribution < -0.4 is 21.0 Å². The predicted octanol–water partition coefficient (Wildman–Crippen LogP) is 2.45. The molecule has 4 heterocycles. The van der Waals surface area contributed by atoms with Crippen molar-refractivity contribution in [2.75, 3.05) is 48.9 Å². The molecule has 11 nitrogen and oxygen atoms in total. The monoisotopic (exact) mass is 478 g/mol. The van der Waals surface area contributed by atoms with Crippen molar-refractivity contribution in [3.8, 4) is 11.4 Å². The molecule has 0 atom stereocenters. The molecule has 4 aromatic rings. The van der Waals surface area contributed by atoms with Gasteiger partial charge in [0.1, 0.15) is 5.69 Å². The van der Waals surface area contributed by atoms with Gasteiger partial charge in [0, 0.05) is 31.4 Å². The van der Waals surface area contributed by atoms with Crippen LogP contribution in [0.15, 0.2) is 42.7 Å². The number of amides is 1. The molecule has 4 N–H and O–H groups in total. The average molecular weight is 479 g/mol. The highest BCUT2D eigenvalue weighted by atomic mass is 32.1. The molecular formula is C22H22N8O3S. The number of hydrogen-bond donors (Lipinski definition) is 3. The topological polar surface area (TPSA) is 143 Å². The first kappa shape index (κ1) is 21.9. The quantitative estimate of drug-likeness (QED) is 0.222. The number of anilines is 4. The van der Waals surface area contributed by atoms with E-state index in [0.717, 1.165) is 39.7 Å². The summed E-state index contributed by atoms with van der Waals surface area (Å²) in [4.78, 5) is 33.7. The Morgan fingerprint density at radius 3 is 2.62 bits per heavy atom. The Labute approximate surface area is 198 Å². The number of nitrogen functional groups attached to an aromatic ring is 1. The first-order valence-corrected chi connectivity index (χ1v) is 11.4. The molecule has 0 unspecified atom stereocenters. The van der Waals surface area contributed by atoms with Gasteiger partial charge in [-0.2, -0.15) is 0 Å². The van der Waals surface area contributed by atoms with Crippen molar-refractivity contribution in [2.24, 2.45) is 0 Å². The number of ether oxygens (including phenoxy) is 1. The van der Waals surface area contributed by atoms with E-state index in [1.807, 2.05) is 42.3 Å². The van der Waals surface area contributed by atoms with Gasteiger partial charge in [-0.3, -0.25) is 10.0 Å². The molecule has 1 amide bonds. The Morgan fingerprint density at radius 1 is 1.18 bits per heavy atom. The zero-order valence-electron chi connectivity index (χ0n) is 18.3. The summed E-state index contributed by atoms with van der Waals surface area (Å²) >= 11 is 1.55. The highest BCUT2D eigenvalue weighted by Crippen LogP contribution is 2.39. The fourth-order valence-corrected chi connectivity index (χ4v) is 4.69. The number of morpholine rings is 1. The van der Waals surface area contributed by atoms with Crippen LogP contribution in [0.3, 0.4) is 0 Å². The van der Waals surface area contributed by atoms with Crippen LogP contribution >= 0.6 is 11.3 Å². The Kier molecular flexibility index (Phi) is 5.92. The summed E-state index contributed by atoms with van der Waals surface area (Å²) in [6.07, 6.45) is 2.78. The molecule has 3 aromatic heterocycles. The fraction of sp³-hybridized carbons (Fsp3) is 0.227. The lowest BCUT2D eigenvalue weighted by Crippen LogP contribution is -2.36. The number of rotatable bonds is 5. The first-order chi connectivity index (χ1) is 16.5. The van der Waals surface area contributed by atoms with Crippen molar-refractivity contribution in [3.05, 3.63) is 48.4 Å². The van der Waals surface area contributed by atoms with Crippen LogP contribution in [0.25, 0.3) is 21.6 Å². The smallest absolute Gasteiger partial charge is 0.294 e. The van der Waals surface area contributed by atoms with Gasteiger partial charge < -0.3 is 20.3 Å². The molecule has 12 heteroatoms. The Bertz CT molecular complexity index is 1320. The Hall–Kier alpha value is -3.87. The van der Waals surface area contributed by atoms with Crippen molar-refractivity contribution in [1.29, 1.82) is 0 Å². The fourth-order valence-electron chi connectivity index (χ4n) is 3.60. The van der Waals surface area contributed by atoms with Crippen LogP contribution in [0.2, 0.25) is 0 Å². The van der Waals surface area contributed by atoms with Crippen LogP contribution in [0.4, 0.5) is 22.3 Å². The second-order valence-electron chi connectivity index (χ2n) is 7.65. The molecule has 1 fully saturated rings. The second kappa shape index (κ2) is 9.17. The molecule has 1 aliphatic heterocycles. The Morgan fingerprint density at radius 2 is 1.94 bits per heavy atom. The van der Waals surface area contributed by atoms with Gasteiger partial charge in [0.15, 0.2) is 17.5 Å². The maximum Gasteiger partial charge on any atom is 0.294 e. The van der Waals surface area contributed by atoms with Gasteiger partial charge in [-0.1, -0.05) is 0 Å². The van der Waals surface area contributed by atoms with E-state index < -0.39 is 5.91 Å². The van der Waals surface area contributed by atoms with Crippen molar-refractivity contribution in [2.45, 2.75) is 0 Å². The molecule has 0 spiro atoms. The number of carbonyl (C=O) groups is 1. The first-order valence-electron chi connectivity index (χ1n) is 10.5. The Balaban J connectivity index is 1.56. The van der Waals surface area contributed by atoms with Crippen LogP contribution in [0, 0.1) is 0 Å². The summed E-state index contributed by atoms with van der Waals surface area (Å²) in [5.41, 5.74) is 9.81. The summed E-state index contributed by atoms with van der Waals surface area (Å²) in [7, 11) is 1.86. The van der Waals surface area contributed by atoms with Crippen LogP contribution in [-0.2, 0) is 4.74 Å². The summed E-state index contributed by atoms with van der Waals surface area (Å²) < 4.78 is 6.50. The van der Waals surface area contributed by atoms with Gasteiger partial charge in [0.25, 0.3) is 5.91 Å². The minimum absolute atomic E-state index is 0.0181. The second-order valence-corrected chi connectivity index (χ2v) is 8.68. The number of nitrogens with zero attached hydrogens (tertiary/aromatic N) is 6. The molecule has 174 valence electrons. The lowest BCUT2D eigenvalue weighted by Gasteiger charge is -2.28. The van der Waals surface area contributed by atoms with Gasteiger partial charge in [0.2, 0.25) is 0 Å². The summed E-state index contributed by atoms with van der Waals surface area (Å²) in [6.45, 7) is 2.78. The lowest BCUT2D eigenvalue weighted by atomic mass is 10.2. The number of carbonyl (C=O) groups excluding carboxylic acids is 1. The predicted molar refractivity (Wildman–Crippen MR) is 130 cm³/mol. The molecule has 0 saturated carbocycles. The van der Waals surface area contributed by atoms with E-state index in [4.69, 9.17) is 25.6 Å². The summed E-state index contributed by atoms with van der Waals surface area (Å²) in [6, 6.07) is 9.49. The largest absolute Gasteiger partial charge is 0.399 e. The molecule has 1 aliphatic rings. The van der Waals surface area contributed by atoms with Crippen molar-refractivity contribution < 1.29 is 14.7 Å². The van der Waals surface area contributed by atoms with E-state index in [-0.39, 0.29) is 5.69 Å². The van der Waals surface area contributed by atoms with Crippen LogP contribution in [0.5, 0.6) is 0 Å². The van der Waals surface area contributed by atoms with E-state index in [1.54, 1.807) is 16.8 Å². The van der Waals surface area contributed by atoms with E-state index in [0.29, 0.717) is 30.5 Å². The SMILES string of the molecule is CN(c1cnc(C(=O)NO)cn1)c1cc2nc(-c3ccc(N)cc3)nc(N3CCOCC3)c2s1. The molecule has 34 heavy (non-hydrogen) atoms. The minimum atomic E-state index is -0.718. The number of hydroxylamine groups is 1. The summed E-state index contributed by atoms with van der Waals surface area (Å²) in [5.74, 6) is 1.32.